The van der Waals surface area contributed by atoms with Crippen LogP contribution < -0.4 is 4.90 Å². The van der Waals surface area contributed by atoms with Crippen LogP contribution in [0, 0.1) is 19.3 Å². The summed E-state index contributed by atoms with van der Waals surface area (Å²) in [4.78, 5) is 33.3. The van der Waals surface area contributed by atoms with Crippen molar-refractivity contribution in [3.63, 3.8) is 0 Å². The van der Waals surface area contributed by atoms with Gasteiger partial charge < -0.3 is 14.7 Å². The lowest BCUT2D eigenvalue weighted by Crippen LogP contribution is -2.45. The number of benzene rings is 1. The number of carbonyl (C=O) groups excluding carboxylic acids is 2. The van der Waals surface area contributed by atoms with Gasteiger partial charge in [0.2, 0.25) is 11.0 Å². The minimum atomic E-state index is -0.643. The Bertz CT molecular complexity index is 1040. The van der Waals surface area contributed by atoms with Crippen molar-refractivity contribution in [2.75, 3.05) is 31.1 Å². The third-order valence-electron chi connectivity index (χ3n) is 7.07. The molecule has 31 heavy (non-hydrogen) atoms. The molecule has 2 aromatic rings. The van der Waals surface area contributed by atoms with Crippen molar-refractivity contribution in [3.8, 4) is 0 Å². The van der Waals surface area contributed by atoms with Crippen LogP contribution in [-0.4, -0.2) is 57.4 Å². The molecule has 164 valence electrons. The first-order chi connectivity index (χ1) is 14.9. The lowest BCUT2D eigenvalue weighted by Gasteiger charge is -2.38. The van der Waals surface area contributed by atoms with E-state index in [-0.39, 0.29) is 23.9 Å². The number of cyclic esters (lactones) is 1. The molecule has 3 aliphatic rings. The molecule has 2 fully saturated rings. The van der Waals surface area contributed by atoms with E-state index >= 15 is 0 Å². The normalized spacial score (nSPS) is 21.6. The lowest BCUT2D eigenvalue weighted by atomic mass is 9.77. The highest BCUT2D eigenvalue weighted by Crippen LogP contribution is 2.43. The Labute approximate surface area is 185 Å². The summed E-state index contributed by atoms with van der Waals surface area (Å²) in [6, 6.07) is 3.58. The first-order valence-corrected chi connectivity index (χ1v) is 11.5. The van der Waals surface area contributed by atoms with Crippen LogP contribution in [0.1, 0.15) is 58.2 Å². The Morgan fingerprint density at radius 2 is 1.94 bits per heavy atom. The zero-order valence-electron chi connectivity index (χ0n) is 17.8. The average Bonchev–Trinajstić information content (AvgIpc) is 3.43. The molecule has 1 N–H and O–H groups in total. The van der Waals surface area contributed by atoms with Crippen LogP contribution in [0.4, 0.5) is 5.13 Å². The van der Waals surface area contributed by atoms with E-state index in [1.165, 1.54) is 11.5 Å². The van der Waals surface area contributed by atoms with Crippen molar-refractivity contribution < 1.29 is 19.4 Å². The number of esters is 1. The van der Waals surface area contributed by atoms with Gasteiger partial charge in [-0.25, -0.2) is 9.78 Å². The molecule has 0 saturated carbocycles. The van der Waals surface area contributed by atoms with E-state index < -0.39 is 6.10 Å². The largest absolute Gasteiger partial charge is 0.457 e. The molecule has 2 saturated heterocycles. The fourth-order valence-electron chi connectivity index (χ4n) is 5.10. The van der Waals surface area contributed by atoms with Gasteiger partial charge in [-0.05, 0) is 63.4 Å². The molecule has 0 bridgehead atoms. The molecule has 9 heteroatoms. The Kier molecular flexibility index (Phi) is 5.07. The first kappa shape index (κ1) is 20.5. The Morgan fingerprint density at radius 1 is 1.19 bits per heavy atom. The number of hydrogen-bond donors (Lipinski definition) is 1. The van der Waals surface area contributed by atoms with Gasteiger partial charge in [-0.1, -0.05) is 6.07 Å². The van der Waals surface area contributed by atoms with Gasteiger partial charge in [-0.15, -0.1) is 0 Å². The minimum absolute atomic E-state index is 0.169. The number of fused-ring (bicyclic) bond motifs is 1. The number of anilines is 1. The van der Waals surface area contributed by atoms with Gasteiger partial charge in [0, 0.05) is 30.2 Å². The summed E-state index contributed by atoms with van der Waals surface area (Å²) in [5.41, 5.74) is 2.93. The van der Waals surface area contributed by atoms with Crippen molar-refractivity contribution in [1.29, 1.82) is 0 Å². The van der Waals surface area contributed by atoms with Crippen LogP contribution in [-0.2, 0) is 16.1 Å². The van der Waals surface area contributed by atoms with E-state index in [0.717, 1.165) is 49.0 Å². The molecule has 1 spiro atoms. The van der Waals surface area contributed by atoms with Crippen LogP contribution in [0.15, 0.2) is 12.1 Å². The molecular formula is C22H26N4O4S. The van der Waals surface area contributed by atoms with Crippen molar-refractivity contribution in [1.82, 2.24) is 14.3 Å². The summed E-state index contributed by atoms with van der Waals surface area (Å²) in [6.45, 7) is 6.82. The molecule has 0 aliphatic carbocycles. The summed E-state index contributed by atoms with van der Waals surface area (Å²) in [5.74, 6) is 0.581. The lowest BCUT2D eigenvalue weighted by molar-refractivity contribution is -0.128. The van der Waals surface area contributed by atoms with E-state index in [1.54, 1.807) is 11.0 Å². The zero-order valence-corrected chi connectivity index (χ0v) is 18.6. The van der Waals surface area contributed by atoms with E-state index in [9.17, 15) is 14.7 Å². The maximum Gasteiger partial charge on any atom is 0.338 e. The van der Waals surface area contributed by atoms with Gasteiger partial charge in [0.25, 0.3) is 0 Å². The number of ether oxygens (including phenoxy) is 1. The fraction of sp³-hybridized carbons (Fsp3) is 0.545. The summed E-state index contributed by atoms with van der Waals surface area (Å²) in [6.07, 6.45) is 1.78. The van der Waals surface area contributed by atoms with Crippen molar-refractivity contribution in [2.24, 2.45) is 5.41 Å². The molecule has 4 heterocycles. The Balaban J connectivity index is 1.23. The van der Waals surface area contributed by atoms with Crippen LogP contribution >= 0.6 is 11.5 Å². The molecule has 1 amide bonds. The molecule has 1 unspecified atom stereocenters. The highest BCUT2D eigenvalue weighted by molar-refractivity contribution is 7.09. The number of hydrogen-bond acceptors (Lipinski definition) is 8. The predicted molar refractivity (Wildman–Crippen MR) is 115 cm³/mol. The van der Waals surface area contributed by atoms with Crippen LogP contribution in [0.3, 0.4) is 0 Å². The molecule has 3 aliphatic heterocycles. The average molecular weight is 443 g/mol. The van der Waals surface area contributed by atoms with E-state index in [0.29, 0.717) is 29.6 Å². The van der Waals surface area contributed by atoms with Gasteiger partial charge in [-0.2, -0.15) is 4.37 Å². The van der Waals surface area contributed by atoms with Crippen molar-refractivity contribution in [2.45, 2.75) is 45.8 Å². The van der Waals surface area contributed by atoms with Crippen molar-refractivity contribution >= 4 is 28.5 Å². The highest BCUT2D eigenvalue weighted by atomic mass is 32.1. The number of likely N-dealkylation sites (tertiary alicyclic amines) is 1. The maximum absolute atomic E-state index is 13.2. The molecule has 8 nitrogen and oxygen atoms in total. The quantitative estimate of drug-likeness (QED) is 0.726. The van der Waals surface area contributed by atoms with E-state index in [1.807, 2.05) is 19.9 Å². The van der Waals surface area contributed by atoms with Crippen molar-refractivity contribution in [3.05, 3.63) is 40.2 Å². The van der Waals surface area contributed by atoms with Crippen LogP contribution in [0.2, 0.25) is 0 Å². The predicted octanol–water partition coefficient (Wildman–Crippen LogP) is 2.38. The van der Waals surface area contributed by atoms with Gasteiger partial charge in [0.1, 0.15) is 12.4 Å². The number of aromatic nitrogens is 2. The maximum atomic E-state index is 13.2. The van der Waals surface area contributed by atoms with Gasteiger partial charge >= 0.3 is 5.97 Å². The standard InChI is InChI=1S/C22H26N4O4S/c1-13-15(3-4-16-17(13)12-30-19(16)28)18(27)11-25-8-5-22(6-9-25)7-10-26(20(22)29)21-23-14(2)24-31-21/h3-4,18,27H,5-12H2,1-2H3. The zero-order chi connectivity index (χ0) is 21.8. The number of β-amino-alcohol motifs (C(OH)–C–C–N with tert-alkyl or cyclic N) is 1. The minimum Gasteiger partial charge on any atom is -0.457 e. The molecule has 1 aromatic heterocycles. The number of rotatable bonds is 4. The molecule has 1 aromatic carbocycles. The smallest absolute Gasteiger partial charge is 0.338 e. The van der Waals surface area contributed by atoms with E-state index in [4.69, 9.17) is 4.74 Å². The summed E-state index contributed by atoms with van der Waals surface area (Å²) in [7, 11) is 0. The SMILES string of the molecule is Cc1nsc(N2CCC3(CCN(CC(O)c4ccc5c(c4C)COC5=O)CC3)C2=O)n1. The van der Waals surface area contributed by atoms with Crippen LogP contribution in [0.25, 0.3) is 0 Å². The number of nitrogens with zero attached hydrogens (tertiary/aromatic N) is 4. The number of aliphatic hydroxyl groups excluding tert-OH is 1. The third kappa shape index (κ3) is 3.44. The molecule has 1 atom stereocenters. The number of piperidine rings is 1. The third-order valence-corrected chi connectivity index (χ3v) is 7.90. The summed E-state index contributed by atoms with van der Waals surface area (Å²) in [5, 5.41) is 11.6. The fourth-order valence-corrected chi connectivity index (χ4v) is 5.80. The summed E-state index contributed by atoms with van der Waals surface area (Å²) < 4.78 is 9.33. The Morgan fingerprint density at radius 3 is 2.65 bits per heavy atom. The first-order valence-electron chi connectivity index (χ1n) is 10.7. The van der Waals surface area contributed by atoms with Crippen LogP contribution in [0.5, 0.6) is 0 Å². The molecule has 5 rings (SSSR count). The monoisotopic (exact) mass is 442 g/mol. The Hall–Kier alpha value is -2.36. The number of aliphatic hydroxyl groups is 1. The second kappa shape index (κ2) is 7.65. The highest BCUT2D eigenvalue weighted by Gasteiger charge is 2.49. The number of aryl methyl sites for hydroxylation is 1. The van der Waals surface area contributed by atoms with Gasteiger partial charge in [0.15, 0.2) is 0 Å². The molecule has 0 radical (unpaired) electrons. The topological polar surface area (TPSA) is 95.9 Å². The second-order valence-corrected chi connectivity index (χ2v) is 9.54. The second-order valence-electron chi connectivity index (χ2n) is 8.81. The number of carbonyl (C=O) groups is 2. The van der Waals surface area contributed by atoms with E-state index in [2.05, 4.69) is 14.3 Å². The molecular weight excluding hydrogens is 416 g/mol. The van der Waals surface area contributed by atoms with Gasteiger partial charge in [-0.3, -0.25) is 9.69 Å². The number of amides is 1. The van der Waals surface area contributed by atoms with Gasteiger partial charge in [0.05, 0.1) is 17.1 Å². The summed E-state index contributed by atoms with van der Waals surface area (Å²) >= 11 is 1.28.